The molecule has 0 aliphatic rings. The maximum atomic E-state index is 11.8. The minimum absolute atomic E-state index is 0.0327. The van der Waals surface area contributed by atoms with E-state index in [1.54, 1.807) is 0 Å². The van der Waals surface area contributed by atoms with Gasteiger partial charge in [-0.2, -0.15) is 0 Å². The fraction of sp³-hybridized carbons (Fsp3) is 0.200. The van der Waals surface area contributed by atoms with Crippen LogP contribution in [0.4, 0.5) is 5.13 Å². The first kappa shape index (κ1) is 16.4. The Morgan fingerprint density at radius 3 is 2.45 bits per heavy atom. The van der Waals surface area contributed by atoms with Crippen LogP contribution in [0.15, 0.2) is 30.3 Å². The third kappa shape index (κ3) is 4.25. The lowest BCUT2D eigenvalue weighted by molar-refractivity contribution is -0.114. The molecule has 0 aliphatic heterocycles. The van der Waals surface area contributed by atoms with Gasteiger partial charge in [0.1, 0.15) is 0 Å². The van der Waals surface area contributed by atoms with E-state index in [1.807, 2.05) is 30.3 Å². The number of carbonyl (C=O) groups is 3. The van der Waals surface area contributed by atoms with Crippen molar-refractivity contribution < 1.29 is 14.4 Å². The van der Waals surface area contributed by atoms with E-state index in [-0.39, 0.29) is 22.6 Å². The van der Waals surface area contributed by atoms with Crippen LogP contribution in [0, 0.1) is 0 Å². The van der Waals surface area contributed by atoms with E-state index in [2.05, 4.69) is 10.3 Å². The molecule has 5 nitrogen and oxygen atoms in total. The molecule has 0 saturated carbocycles. The third-order valence-electron chi connectivity index (χ3n) is 2.65. The number of nitrogens with one attached hydrogen (secondary N) is 1. The van der Waals surface area contributed by atoms with Gasteiger partial charge in [-0.1, -0.05) is 53.4 Å². The van der Waals surface area contributed by atoms with Crippen LogP contribution in [0.1, 0.15) is 23.5 Å². The molecule has 2 rings (SSSR count). The Labute approximate surface area is 136 Å². The summed E-state index contributed by atoms with van der Waals surface area (Å²) in [5.41, 5.74) is 1.38. The number of rotatable bonds is 5. The molecule has 0 bridgehead atoms. The lowest BCUT2D eigenvalue weighted by Crippen LogP contribution is -2.14. The second kappa shape index (κ2) is 7.33. The molecular weight excluding hydrogens is 320 g/mol. The summed E-state index contributed by atoms with van der Waals surface area (Å²) in [6.07, 6.45) is 0. The van der Waals surface area contributed by atoms with Crippen molar-refractivity contribution in [3.05, 3.63) is 35.2 Å². The van der Waals surface area contributed by atoms with Gasteiger partial charge < -0.3 is 5.32 Å². The maximum absolute atomic E-state index is 11.8. The molecule has 7 heteroatoms. The lowest BCUT2D eigenvalue weighted by Gasteiger charge is -1.99. The first-order valence-corrected chi connectivity index (χ1v) is 8.28. The summed E-state index contributed by atoms with van der Waals surface area (Å²) in [6, 6.07) is 9.32. The van der Waals surface area contributed by atoms with E-state index in [9.17, 15) is 14.4 Å². The zero-order valence-corrected chi connectivity index (χ0v) is 13.7. The molecule has 1 heterocycles. The van der Waals surface area contributed by atoms with E-state index in [4.69, 9.17) is 0 Å². The zero-order valence-electron chi connectivity index (χ0n) is 12.1. The molecule has 22 heavy (non-hydrogen) atoms. The summed E-state index contributed by atoms with van der Waals surface area (Å²) >= 11 is 2.07. The molecule has 0 saturated heterocycles. The molecule has 0 unspecified atom stereocenters. The third-order valence-corrected chi connectivity index (χ3v) is 4.53. The van der Waals surface area contributed by atoms with Crippen LogP contribution in [-0.2, 0) is 9.59 Å². The highest BCUT2D eigenvalue weighted by molar-refractivity contribution is 8.14. The SMILES string of the molecule is CC(=O)SCC(=O)Nc1nc(-c2ccccc2)c(C(C)=O)s1. The van der Waals surface area contributed by atoms with Crippen LogP contribution in [0.5, 0.6) is 0 Å². The Bertz CT molecular complexity index is 711. The normalized spacial score (nSPS) is 10.3. The van der Waals surface area contributed by atoms with Gasteiger partial charge in [-0.3, -0.25) is 14.4 Å². The average Bonchev–Trinajstić information content (AvgIpc) is 2.90. The number of hydrogen-bond donors (Lipinski definition) is 1. The summed E-state index contributed by atoms with van der Waals surface area (Å²) in [7, 11) is 0. The van der Waals surface area contributed by atoms with Crippen molar-refractivity contribution in [2.45, 2.75) is 13.8 Å². The largest absolute Gasteiger partial charge is 0.301 e. The van der Waals surface area contributed by atoms with Crippen molar-refractivity contribution in [2.24, 2.45) is 0 Å². The molecule has 0 radical (unpaired) electrons. The van der Waals surface area contributed by atoms with Crippen LogP contribution >= 0.6 is 23.1 Å². The van der Waals surface area contributed by atoms with Gasteiger partial charge in [-0.05, 0) is 0 Å². The summed E-state index contributed by atoms with van der Waals surface area (Å²) in [6.45, 7) is 2.87. The topological polar surface area (TPSA) is 76.1 Å². The number of anilines is 1. The van der Waals surface area contributed by atoms with Crippen molar-refractivity contribution in [3.63, 3.8) is 0 Å². The molecular formula is C15H14N2O3S2. The highest BCUT2D eigenvalue weighted by Gasteiger charge is 2.17. The van der Waals surface area contributed by atoms with E-state index < -0.39 is 0 Å². The van der Waals surface area contributed by atoms with Gasteiger partial charge in [0, 0.05) is 19.4 Å². The molecule has 2 aromatic rings. The van der Waals surface area contributed by atoms with Gasteiger partial charge in [-0.15, -0.1) is 0 Å². The maximum Gasteiger partial charge on any atom is 0.236 e. The predicted octanol–water partition coefficient (Wildman–Crippen LogP) is 3.23. The number of ketones is 1. The Morgan fingerprint density at radius 1 is 1.18 bits per heavy atom. The van der Waals surface area contributed by atoms with Crippen LogP contribution < -0.4 is 5.32 Å². The molecule has 0 atom stereocenters. The highest BCUT2D eigenvalue weighted by Crippen LogP contribution is 2.31. The molecule has 0 spiro atoms. The minimum Gasteiger partial charge on any atom is -0.301 e. The number of nitrogens with zero attached hydrogens (tertiary/aromatic N) is 1. The number of aromatic nitrogens is 1. The number of thiazole rings is 1. The molecule has 114 valence electrons. The average molecular weight is 334 g/mol. The lowest BCUT2D eigenvalue weighted by atomic mass is 10.1. The van der Waals surface area contributed by atoms with E-state index in [1.165, 1.54) is 13.8 Å². The summed E-state index contributed by atoms with van der Waals surface area (Å²) in [4.78, 5) is 39.2. The minimum atomic E-state index is -0.316. The van der Waals surface area contributed by atoms with Crippen LogP contribution in [0.3, 0.4) is 0 Å². The van der Waals surface area contributed by atoms with Crippen LogP contribution in [-0.4, -0.2) is 27.5 Å². The quantitative estimate of drug-likeness (QED) is 0.850. The van der Waals surface area contributed by atoms with Crippen LogP contribution in [0.2, 0.25) is 0 Å². The summed E-state index contributed by atoms with van der Waals surface area (Å²) in [5, 5.41) is 2.86. The molecule has 1 N–H and O–H groups in total. The van der Waals surface area contributed by atoms with Crippen molar-refractivity contribution in [1.82, 2.24) is 4.98 Å². The zero-order chi connectivity index (χ0) is 16.1. The summed E-state index contributed by atoms with van der Waals surface area (Å²) in [5.74, 6) is -0.385. The monoisotopic (exact) mass is 334 g/mol. The Morgan fingerprint density at radius 2 is 1.86 bits per heavy atom. The molecule has 1 aromatic carbocycles. The fourth-order valence-corrected chi connectivity index (χ4v) is 3.03. The first-order chi connectivity index (χ1) is 10.5. The van der Waals surface area contributed by atoms with Gasteiger partial charge in [0.25, 0.3) is 0 Å². The Hall–Kier alpha value is -1.99. The van der Waals surface area contributed by atoms with E-state index in [0.717, 1.165) is 28.7 Å². The van der Waals surface area contributed by atoms with Crippen molar-refractivity contribution in [2.75, 3.05) is 11.1 Å². The molecule has 0 aliphatic carbocycles. The molecule has 1 amide bonds. The smallest absolute Gasteiger partial charge is 0.236 e. The fourth-order valence-electron chi connectivity index (χ4n) is 1.73. The van der Waals surface area contributed by atoms with Gasteiger partial charge >= 0.3 is 0 Å². The van der Waals surface area contributed by atoms with Gasteiger partial charge in [0.15, 0.2) is 16.0 Å². The number of benzene rings is 1. The van der Waals surface area contributed by atoms with Gasteiger partial charge in [0.2, 0.25) is 5.91 Å². The van der Waals surface area contributed by atoms with Crippen molar-refractivity contribution in [1.29, 1.82) is 0 Å². The number of carbonyl (C=O) groups excluding carboxylic acids is 3. The van der Waals surface area contributed by atoms with Crippen molar-refractivity contribution >= 4 is 45.0 Å². The molecule has 1 aromatic heterocycles. The number of amides is 1. The summed E-state index contributed by atoms with van der Waals surface area (Å²) < 4.78 is 0. The Balaban J connectivity index is 2.22. The first-order valence-electron chi connectivity index (χ1n) is 6.47. The number of thioether (sulfide) groups is 1. The van der Waals surface area contributed by atoms with E-state index >= 15 is 0 Å². The van der Waals surface area contributed by atoms with Gasteiger partial charge in [0.05, 0.1) is 16.3 Å². The Kier molecular flexibility index (Phi) is 5.46. The number of hydrogen-bond acceptors (Lipinski definition) is 6. The van der Waals surface area contributed by atoms with Crippen LogP contribution in [0.25, 0.3) is 11.3 Å². The van der Waals surface area contributed by atoms with E-state index in [0.29, 0.717) is 15.7 Å². The standard InChI is InChI=1S/C15H14N2O3S2/c1-9(18)14-13(11-6-4-3-5-7-11)17-15(22-14)16-12(20)8-21-10(2)19/h3-7H,8H2,1-2H3,(H,16,17,20). The second-order valence-electron chi connectivity index (χ2n) is 4.45. The molecule has 0 fully saturated rings. The highest BCUT2D eigenvalue weighted by atomic mass is 32.2. The second-order valence-corrected chi connectivity index (χ2v) is 6.60. The predicted molar refractivity (Wildman–Crippen MR) is 89.3 cm³/mol. The van der Waals surface area contributed by atoms with Gasteiger partial charge in [-0.25, -0.2) is 4.98 Å². The van der Waals surface area contributed by atoms with Crippen molar-refractivity contribution in [3.8, 4) is 11.3 Å². The number of Topliss-reactive ketones (excluding diaryl/α,β-unsaturated/α-hetero) is 1.